The number of amides is 1. The average molecular weight is 321 g/mol. The molecule has 6 nitrogen and oxygen atoms in total. The summed E-state index contributed by atoms with van der Waals surface area (Å²) in [5, 5.41) is 0. The molecule has 7 heteroatoms. The largest absolute Gasteiger partial charge is 0.497 e. The van der Waals surface area contributed by atoms with E-state index >= 15 is 0 Å². The molecular weight excluding hydrogens is 306 g/mol. The van der Waals surface area contributed by atoms with Gasteiger partial charge in [0.1, 0.15) is 11.5 Å². The summed E-state index contributed by atoms with van der Waals surface area (Å²) in [6.07, 6.45) is 0. The fraction of sp³-hybridized carbons (Fsp3) is 0.133. The van der Waals surface area contributed by atoms with E-state index in [1.54, 1.807) is 12.1 Å². The molecule has 0 aliphatic rings. The van der Waals surface area contributed by atoms with E-state index < -0.39 is 15.9 Å². The van der Waals surface area contributed by atoms with Gasteiger partial charge in [-0.05, 0) is 48.5 Å². The van der Waals surface area contributed by atoms with Crippen molar-refractivity contribution >= 4 is 15.9 Å². The minimum Gasteiger partial charge on any atom is -0.497 e. The SMILES string of the molecule is COc1ccc(C(=O)NS(=O)(=O)c2ccc(OC)cc2)cc1. The first kappa shape index (κ1) is 15.8. The van der Waals surface area contributed by atoms with Crippen LogP contribution in [-0.4, -0.2) is 28.5 Å². The van der Waals surface area contributed by atoms with Gasteiger partial charge in [-0.2, -0.15) is 0 Å². The number of hydrogen-bond acceptors (Lipinski definition) is 5. The van der Waals surface area contributed by atoms with E-state index in [0.717, 1.165) is 0 Å². The zero-order chi connectivity index (χ0) is 16.2. The molecule has 2 aromatic rings. The fourth-order valence-corrected chi connectivity index (χ4v) is 2.71. The quantitative estimate of drug-likeness (QED) is 0.908. The molecule has 0 fully saturated rings. The Morgan fingerprint density at radius 1 is 0.864 bits per heavy atom. The molecule has 0 radical (unpaired) electrons. The molecule has 0 heterocycles. The standard InChI is InChI=1S/C15H15NO5S/c1-20-12-5-3-11(4-6-12)15(17)16-22(18,19)14-9-7-13(21-2)8-10-14/h3-10H,1-2H3,(H,16,17). The van der Waals surface area contributed by atoms with Crippen molar-refractivity contribution in [3.05, 3.63) is 54.1 Å². The lowest BCUT2D eigenvalue weighted by Gasteiger charge is -2.08. The molecule has 1 N–H and O–H groups in total. The van der Waals surface area contributed by atoms with Gasteiger partial charge < -0.3 is 9.47 Å². The summed E-state index contributed by atoms with van der Waals surface area (Å²) in [7, 11) is -0.950. The highest BCUT2D eigenvalue weighted by atomic mass is 32.2. The van der Waals surface area contributed by atoms with Crippen molar-refractivity contribution < 1.29 is 22.7 Å². The van der Waals surface area contributed by atoms with E-state index in [1.807, 2.05) is 4.72 Å². The molecule has 2 rings (SSSR count). The first-order chi connectivity index (χ1) is 10.5. The zero-order valence-corrected chi connectivity index (χ0v) is 12.9. The molecule has 0 saturated heterocycles. The Labute approximate surface area is 128 Å². The number of carbonyl (C=O) groups is 1. The fourth-order valence-electron chi connectivity index (χ4n) is 1.74. The van der Waals surface area contributed by atoms with Gasteiger partial charge in [0.2, 0.25) is 0 Å². The van der Waals surface area contributed by atoms with Gasteiger partial charge in [-0.15, -0.1) is 0 Å². The van der Waals surface area contributed by atoms with Gasteiger partial charge in [0.05, 0.1) is 19.1 Å². The van der Waals surface area contributed by atoms with Crippen molar-refractivity contribution in [3.8, 4) is 11.5 Å². The summed E-state index contributed by atoms with van der Waals surface area (Å²) < 4.78 is 36.2. The third-order valence-corrected chi connectivity index (χ3v) is 4.30. The third kappa shape index (κ3) is 3.56. The van der Waals surface area contributed by atoms with E-state index in [1.165, 1.54) is 50.6 Å². The molecule has 0 aliphatic carbocycles. The summed E-state index contributed by atoms with van der Waals surface area (Å²) in [6.45, 7) is 0. The van der Waals surface area contributed by atoms with Crippen molar-refractivity contribution in [2.45, 2.75) is 4.90 Å². The molecule has 0 saturated carbocycles. The van der Waals surface area contributed by atoms with Crippen LogP contribution in [-0.2, 0) is 10.0 Å². The molecule has 22 heavy (non-hydrogen) atoms. The van der Waals surface area contributed by atoms with Crippen molar-refractivity contribution in [2.24, 2.45) is 0 Å². The number of hydrogen-bond donors (Lipinski definition) is 1. The number of methoxy groups -OCH3 is 2. The molecule has 0 bridgehead atoms. The Hall–Kier alpha value is -2.54. The topological polar surface area (TPSA) is 81.7 Å². The predicted molar refractivity (Wildman–Crippen MR) is 80.6 cm³/mol. The van der Waals surface area contributed by atoms with Gasteiger partial charge in [-0.25, -0.2) is 13.1 Å². The molecule has 1 amide bonds. The summed E-state index contributed by atoms with van der Waals surface area (Å²) in [5.74, 6) is 0.397. The van der Waals surface area contributed by atoms with Gasteiger partial charge in [0.25, 0.3) is 15.9 Å². The minimum absolute atomic E-state index is 0.0184. The smallest absolute Gasteiger partial charge is 0.265 e. The Balaban J connectivity index is 2.17. The third-order valence-electron chi connectivity index (χ3n) is 2.95. The van der Waals surface area contributed by atoms with Crippen LogP contribution in [0.5, 0.6) is 11.5 Å². The minimum atomic E-state index is -3.93. The molecular formula is C15H15NO5S. The molecule has 0 spiro atoms. The number of carbonyl (C=O) groups excluding carboxylic acids is 1. The van der Waals surface area contributed by atoms with Crippen LogP contribution in [0.25, 0.3) is 0 Å². The summed E-state index contributed by atoms with van der Waals surface area (Å²) >= 11 is 0. The van der Waals surface area contributed by atoms with Gasteiger partial charge in [-0.1, -0.05) is 0 Å². The van der Waals surface area contributed by atoms with Crippen molar-refractivity contribution in [1.29, 1.82) is 0 Å². The Morgan fingerprint density at radius 3 is 1.77 bits per heavy atom. The molecule has 0 aromatic heterocycles. The second-order valence-corrected chi connectivity index (χ2v) is 6.02. The zero-order valence-electron chi connectivity index (χ0n) is 12.1. The lowest BCUT2D eigenvalue weighted by molar-refractivity contribution is 0.0981. The van der Waals surface area contributed by atoms with Gasteiger partial charge >= 0.3 is 0 Å². The first-order valence-electron chi connectivity index (χ1n) is 6.31. The van der Waals surface area contributed by atoms with E-state index in [2.05, 4.69) is 0 Å². The summed E-state index contributed by atoms with van der Waals surface area (Å²) in [5.41, 5.74) is 0.220. The number of sulfonamides is 1. The van der Waals surface area contributed by atoms with Gasteiger partial charge in [-0.3, -0.25) is 4.79 Å². The second kappa shape index (κ2) is 6.48. The van der Waals surface area contributed by atoms with Crippen molar-refractivity contribution in [2.75, 3.05) is 14.2 Å². The van der Waals surface area contributed by atoms with Crippen LogP contribution >= 0.6 is 0 Å². The number of nitrogens with one attached hydrogen (secondary N) is 1. The molecule has 0 atom stereocenters. The average Bonchev–Trinajstić information content (AvgIpc) is 2.54. The Morgan fingerprint density at radius 2 is 1.32 bits per heavy atom. The number of benzene rings is 2. The van der Waals surface area contributed by atoms with Crippen molar-refractivity contribution in [3.63, 3.8) is 0 Å². The first-order valence-corrected chi connectivity index (χ1v) is 7.80. The predicted octanol–water partition coefficient (Wildman–Crippen LogP) is 1.82. The van der Waals surface area contributed by atoms with Crippen LogP contribution in [0.4, 0.5) is 0 Å². The van der Waals surface area contributed by atoms with E-state index in [0.29, 0.717) is 11.5 Å². The normalized spacial score (nSPS) is 10.8. The maximum absolute atomic E-state index is 12.1. The Kier molecular flexibility index (Phi) is 4.67. The van der Waals surface area contributed by atoms with Crippen molar-refractivity contribution in [1.82, 2.24) is 4.72 Å². The van der Waals surface area contributed by atoms with Crippen LogP contribution in [0.15, 0.2) is 53.4 Å². The highest BCUT2D eigenvalue weighted by molar-refractivity contribution is 7.90. The van der Waals surface area contributed by atoms with Crippen LogP contribution in [0.2, 0.25) is 0 Å². The highest BCUT2D eigenvalue weighted by Crippen LogP contribution is 2.16. The summed E-state index contributed by atoms with van der Waals surface area (Å²) in [6, 6.07) is 11.9. The lowest BCUT2D eigenvalue weighted by atomic mass is 10.2. The van der Waals surface area contributed by atoms with Gasteiger partial charge in [0.15, 0.2) is 0 Å². The van der Waals surface area contributed by atoms with Crippen LogP contribution < -0.4 is 14.2 Å². The summed E-state index contributed by atoms with van der Waals surface area (Å²) in [4.78, 5) is 12.0. The monoisotopic (exact) mass is 321 g/mol. The van der Waals surface area contributed by atoms with Gasteiger partial charge in [0, 0.05) is 5.56 Å². The van der Waals surface area contributed by atoms with Crippen LogP contribution in [0.3, 0.4) is 0 Å². The molecule has 116 valence electrons. The maximum atomic E-state index is 12.1. The highest BCUT2D eigenvalue weighted by Gasteiger charge is 2.18. The van der Waals surface area contributed by atoms with E-state index in [-0.39, 0.29) is 10.5 Å². The van der Waals surface area contributed by atoms with Crippen LogP contribution in [0, 0.1) is 0 Å². The second-order valence-electron chi connectivity index (χ2n) is 4.34. The molecule has 0 aliphatic heterocycles. The Bertz CT molecular complexity index is 752. The maximum Gasteiger partial charge on any atom is 0.265 e. The molecule has 0 unspecified atom stereocenters. The van der Waals surface area contributed by atoms with E-state index in [9.17, 15) is 13.2 Å². The lowest BCUT2D eigenvalue weighted by Crippen LogP contribution is -2.30. The number of rotatable bonds is 5. The van der Waals surface area contributed by atoms with Crippen LogP contribution in [0.1, 0.15) is 10.4 Å². The van der Waals surface area contributed by atoms with E-state index in [4.69, 9.17) is 9.47 Å². The molecule has 2 aromatic carbocycles. The number of ether oxygens (including phenoxy) is 2.